The van der Waals surface area contributed by atoms with Crippen LogP contribution in [0.3, 0.4) is 0 Å². The van der Waals surface area contributed by atoms with Crippen molar-refractivity contribution in [2.75, 3.05) is 23.3 Å². The zero-order valence-corrected chi connectivity index (χ0v) is 19.0. The highest BCUT2D eigenvalue weighted by atomic mass is 19.3. The number of pyridine rings is 1. The summed E-state index contributed by atoms with van der Waals surface area (Å²) in [6.45, 7) is 4.48. The van der Waals surface area contributed by atoms with Crippen LogP contribution in [0.2, 0.25) is 0 Å². The van der Waals surface area contributed by atoms with E-state index in [2.05, 4.69) is 10.3 Å². The van der Waals surface area contributed by atoms with Crippen molar-refractivity contribution >= 4 is 23.1 Å². The first-order valence-electron chi connectivity index (χ1n) is 10.9. The first-order valence-corrected chi connectivity index (χ1v) is 10.9. The molecule has 0 aliphatic carbocycles. The van der Waals surface area contributed by atoms with E-state index in [9.17, 15) is 27.9 Å². The number of para-hydroxylation sites is 1. The number of halogens is 3. The lowest BCUT2D eigenvalue weighted by atomic mass is 10.0. The molecule has 1 aromatic carbocycles. The molecular weight excluding hydrogens is 449 g/mol. The highest BCUT2D eigenvalue weighted by molar-refractivity contribution is 5.94. The molecule has 1 aliphatic heterocycles. The molecule has 4 rings (SSSR count). The maximum Gasteiger partial charge on any atom is 0.337 e. The molecule has 7 nitrogen and oxygen atoms in total. The van der Waals surface area contributed by atoms with Gasteiger partial charge in [0, 0.05) is 30.4 Å². The van der Waals surface area contributed by atoms with Crippen LogP contribution in [0.5, 0.6) is 0 Å². The molecule has 1 aliphatic rings. The normalized spacial score (nSPS) is 18.6. The number of piperidine rings is 1. The van der Waals surface area contributed by atoms with Gasteiger partial charge in [0.15, 0.2) is 6.17 Å². The molecule has 0 radical (unpaired) electrons. The highest BCUT2D eigenvalue weighted by Crippen LogP contribution is 2.33. The number of carbonyl (C=O) groups is 1. The van der Waals surface area contributed by atoms with Crippen molar-refractivity contribution in [1.82, 2.24) is 9.38 Å². The molecule has 0 amide bonds. The number of aryl methyl sites for hydroxylation is 1. The maximum atomic E-state index is 14.1. The number of hydrogen-bond donors (Lipinski definition) is 2. The lowest BCUT2D eigenvalue weighted by Crippen LogP contribution is -2.49. The monoisotopic (exact) mass is 474 g/mol. The second-order valence-corrected chi connectivity index (χ2v) is 8.67. The van der Waals surface area contributed by atoms with Crippen LogP contribution in [-0.2, 0) is 0 Å². The van der Waals surface area contributed by atoms with Crippen molar-refractivity contribution in [2.45, 2.75) is 45.3 Å². The predicted molar refractivity (Wildman–Crippen MR) is 123 cm³/mol. The van der Waals surface area contributed by atoms with E-state index in [0.717, 1.165) is 5.56 Å². The summed E-state index contributed by atoms with van der Waals surface area (Å²) in [6, 6.07) is 7.82. The number of fused-ring (bicyclic) bond motifs is 1. The SMILES string of the molecule is Cc1cc([C@@H](C)Nc2ccccc2C(=O)O)c2nc(N3CCC(F)(F)C(F)C3)c(C)c(=O)n2c1. The van der Waals surface area contributed by atoms with E-state index >= 15 is 0 Å². The molecule has 180 valence electrons. The van der Waals surface area contributed by atoms with E-state index in [-0.39, 0.29) is 34.7 Å². The smallest absolute Gasteiger partial charge is 0.337 e. The van der Waals surface area contributed by atoms with Crippen LogP contribution in [0.1, 0.15) is 46.4 Å². The number of anilines is 2. The Bertz CT molecular complexity index is 1320. The Labute approximate surface area is 193 Å². The molecule has 1 unspecified atom stereocenters. The first-order chi connectivity index (χ1) is 16.0. The lowest BCUT2D eigenvalue weighted by Gasteiger charge is -2.35. The highest BCUT2D eigenvalue weighted by Gasteiger charge is 2.45. The number of carboxylic acid groups (broad SMARTS) is 1. The third-order valence-electron chi connectivity index (χ3n) is 6.14. The van der Waals surface area contributed by atoms with Gasteiger partial charge in [-0.3, -0.25) is 9.20 Å². The van der Waals surface area contributed by atoms with Crippen molar-refractivity contribution < 1.29 is 23.1 Å². The van der Waals surface area contributed by atoms with E-state index in [0.29, 0.717) is 11.3 Å². The van der Waals surface area contributed by atoms with Crippen LogP contribution >= 0.6 is 0 Å². The molecule has 3 aromatic rings. The van der Waals surface area contributed by atoms with Gasteiger partial charge < -0.3 is 15.3 Å². The Morgan fingerprint density at radius 1 is 1.29 bits per heavy atom. The summed E-state index contributed by atoms with van der Waals surface area (Å²) in [6.07, 6.45) is -1.39. The van der Waals surface area contributed by atoms with E-state index in [1.54, 1.807) is 38.2 Å². The summed E-state index contributed by atoms with van der Waals surface area (Å²) in [5.41, 5.74) is 2.03. The molecule has 1 saturated heterocycles. The van der Waals surface area contributed by atoms with Gasteiger partial charge in [0.05, 0.1) is 23.7 Å². The van der Waals surface area contributed by atoms with Gasteiger partial charge in [0.25, 0.3) is 11.5 Å². The van der Waals surface area contributed by atoms with E-state index in [4.69, 9.17) is 0 Å². The fourth-order valence-corrected chi connectivity index (χ4v) is 4.27. The molecule has 3 heterocycles. The number of alkyl halides is 3. The quantitative estimate of drug-likeness (QED) is 0.571. The average Bonchev–Trinajstić information content (AvgIpc) is 2.78. The van der Waals surface area contributed by atoms with E-state index in [1.807, 2.05) is 13.0 Å². The molecule has 0 spiro atoms. The minimum atomic E-state index is -3.41. The van der Waals surface area contributed by atoms with Crippen LogP contribution in [0, 0.1) is 13.8 Å². The largest absolute Gasteiger partial charge is 0.478 e. The van der Waals surface area contributed by atoms with Crippen LogP contribution < -0.4 is 15.8 Å². The third-order valence-corrected chi connectivity index (χ3v) is 6.14. The zero-order chi connectivity index (χ0) is 24.8. The Hall–Kier alpha value is -3.56. The summed E-state index contributed by atoms with van der Waals surface area (Å²) in [5, 5.41) is 12.7. The number of hydrogen-bond acceptors (Lipinski definition) is 5. The van der Waals surface area contributed by atoms with Crippen LogP contribution in [0.25, 0.3) is 5.65 Å². The number of nitrogens with one attached hydrogen (secondary N) is 1. The molecule has 0 bridgehead atoms. The van der Waals surface area contributed by atoms with E-state index in [1.165, 1.54) is 15.4 Å². The predicted octanol–water partition coefficient (Wildman–Crippen LogP) is 4.37. The van der Waals surface area contributed by atoms with Crippen LogP contribution in [0.4, 0.5) is 24.7 Å². The topological polar surface area (TPSA) is 86.9 Å². The molecule has 10 heteroatoms. The molecule has 0 saturated carbocycles. The average molecular weight is 474 g/mol. The van der Waals surface area contributed by atoms with Gasteiger partial charge in [-0.15, -0.1) is 0 Å². The van der Waals surface area contributed by atoms with Gasteiger partial charge >= 0.3 is 5.97 Å². The van der Waals surface area contributed by atoms with Gasteiger partial charge in [-0.25, -0.2) is 22.9 Å². The van der Waals surface area contributed by atoms with Gasteiger partial charge in [-0.2, -0.15) is 0 Å². The molecule has 1 fully saturated rings. The van der Waals surface area contributed by atoms with Crippen molar-refractivity contribution in [3.63, 3.8) is 0 Å². The summed E-state index contributed by atoms with van der Waals surface area (Å²) in [5.74, 6) is -4.32. The second-order valence-electron chi connectivity index (χ2n) is 8.67. The number of rotatable bonds is 5. The van der Waals surface area contributed by atoms with Gasteiger partial charge in [0.2, 0.25) is 0 Å². The van der Waals surface area contributed by atoms with Crippen LogP contribution in [-0.4, -0.2) is 45.6 Å². The molecule has 2 atom stereocenters. The first kappa shape index (κ1) is 23.6. The summed E-state index contributed by atoms with van der Waals surface area (Å²) in [4.78, 5) is 30.8. The number of nitrogens with zero attached hydrogens (tertiary/aromatic N) is 3. The van der Waals surface area contributed by atoms with Crippen molar-refractivity contribution in [3.05, 3.63) is 69.1 Å². The number of carboxylic acids is 1. The number of aromatic nitrogens is 2. The zero-order valence-electron chi connectivity index (χ0n) is 19.0. The fraction of sp³-hybridized carbons (Fsp3) is 0.375. The number of benzene rings is 1. The van der Waals surface area contributed by atoms with Gasteiger partial charge in [-0.1, -0.05) is 12.1 Å². The van der Waals surface area contributed by atoms with E-state index < -0.39 is 37.1 Å². The Morgan fingerprint density at radius 3 is 2.68 bits per heavy atom. The van der Waals surface area contributed by atoms with Crippen molar-refractivity contribution in [1.29, 1.82) is 0 Å². The molecule has 34 heavy (non-hydrogen) atoms. The van der Waals surface area contributed by atoms with Gasteiger partial charge in [0.1, 0.15) is 11.5 Å². The third kappa shape index (κ3) is 4.20. The lowest BCUT2D eigenvalue weighted by molar-refractivity contribution is -0.0841. The number of aromatic carboxylic acids is 1. The molecular formula is C24H25F3N4O3. The molecule has 2 aromatic heterocycles. The summed E-state index contributed by atoms with van der Waals surface area (Å²) < 4.78 is 42.9. The van der Waals surface area contributed by atoms with Crippen molar-refractivity contribution in [3.8, 4) is 0 Å². The minimum Gasteiger partial charge on any atom is -0.478 e. The van der Waals surface area contributed by atoms with Gasteiger partial charge in [-0.05, 0) is 44.5 Å². The second kappa shape index (κ2) is 8.66. The Morgan fingerprint density at radius 2 is 2.00 bits per heavy atom. The standard InChI is InChI=1S/C24H25F3N4O3/c1-13-10-17(15(3)28-18-7-5-4-6-16(18)23(33)34)21-29-20(14(2)22(32)31(21)11-13)30-9-8-24(26,27)19(25)12-30/h4-7,10-11,15,19,28H,8-9,12H2,1-3H3,(H,33,34)/t15-,19?/m1/s1. The Kier molecular flexibility index (Phi) is 6.01. The van der Waals surface area contributed by atoms with Crippen LogP contribution in [0.15, 0.2) is 41.3 Å². The summed E-state index contributed by atoms with van der Waals surface area (Å²) >= 11 is 0. The molecule has 2 N–H and O–H groups in total. The fourth-order valence-electron chi connectivity index (χ4n) is 4.27. The van der Waals surface area contributed by atoms with Crippen molar-refractivity contribution in [2.24, 2.45) is 0 Å². The minimum absolute atomic E-state index is 0.0937. The maximum absolute atomic E-state index is 14.1. The summed E-state index contributed by atoms with van der Waals surface area (Å²) in [7, 11) is 0. The Balaban J connectivity index is 1.80.